The van der Waals surface area contributed by atoms with Crippen molar-refractivity contribution < 1.29 is 0 Å². The minimum absolute atomic E-state index is 0.838. The maximum Gasteiger partial charge on any atom is 0.174 e. The first kappa shape index (κ1) is 21.8. The standard InChI is InChI=1S/C26H33N7/c1-20-18-27-25-11-12-26(29-32(20)25)33-22(3)24(21(2)28-33)10-7-13-30-14-16-31(17-15-30)19-23-8-5-4-6-9-23/h4-6,8-9,11-12,18H,7,10,13-17,19H2,1-3H3. The third-order valence-corrected chi connectivity index (χ3v) is 6.79. The highest BCUT2D eigenvalue weighted by atomic mass is 15.4. The normalized spacial score (nSPS) is 15.5. The fourth-order valence-electron chi connectivity index (χ4n) is 4.84. The Hall–Kier alpha value is -3.03. The van der Waals surface area contributed by atoms with Crippen LogP contribution in [0.5, 0.6) is 0 Å². The van der Waals surface area contributed by atoms with E-state index in [-0.39, 0.29) is 0 Å². The van der Waals surface area contributed by atoms with Gasteiger partial charge in [0.1, 0.15) is 0 Å². The van der Waals surface area contributed by atoms with Crippen LogP contribution in [-0.4, -0.2) is 66.9 Å². The lowest BCUT2D eigenvalue weighted by molar-refractivity contribution is 0.126. The first-order valence-corrected chi connectivity index (χ1v) is 11.9. The molecule has 1 fully saturated rings. The molecule has 0 unspecified atom stereocenters. The number of imidazole rings is 1. The number of rotatable bonds is 7. The summed E-state index contributed by atoms with van der Waals surface area (Å²) >= 11 is 0. The van der Waals surface area contributed by atoms with E-state index in [1.165, 1.54) is 16.8 Å². The average molecular weight is 444 g/mol. The Morgan fingerprint density at radius 3 is 2.39 bits per heavy atom. The molecule has 1 aliphatic heterocycles. The number of hydrogen-bond acceptors (Lipinski definition) is 5. The molecule has 1 aliphatic rings. The summed E-state index contributed by atoms with van der Waals surface area (Å²) in [4.78, 5) is 9.54. The zero-order valence-corrected chi connectivity index (χ0v) is 19.9. The molecule has 0 amide bonds. The lowest BCUT2D eigenvalue weighted by Gasteiger charge is -2.34. The van der Waals surface area contributed by atoms with E-state index in [2.05, 4.69) is 59.0 Å². The number of nitrogens with zero attached hydrogens (tertiary/aromatic N) is 7. The maximum atomic E-state index is 4.82. The van der Waals surface area contributed by atoms with Crippen molar-refractivity contribution in [3.8, 4) is 5.82 Å². The second-order valence-electron chi connectivity index (χ2n) is 9.13. The van der Waals surface area contributed by atoms with Gasteiger partial charge >= 0.3 is 0 Å². The predicted molar refractivity (Wildman–Crippen MR) is 131 cm³/mol. The van der Waals surface area contributed by atoms with Crippen LogP contribution in [0.4, 0.5) is 0 Å². The summed E-state index contributed by atoms with van der Waals surface area (Å²) in [5.74, 6) is 0.838. The largest absolute Gasteiger partial charge is 0.301 e. The number of aryl methyl sites for hydroxylation is 2. The molecule has 0 spiro atoms. The number of aromatic nitrogens is 5. The van der Waals surface area contributed by atoms with Crippen LogP contribution >= 0.6 is 0 Å². The van der Waals surface area contributed by atoms with Gasteiger partial charge in [0.2, 0.25) is 0 Å². The number of hydrogen-bond donors (Lipinski definition) is 0. The molecular weight excluding hydrogens is 410 g/mol. The smallest absolute Gasteiger partial charge is 0.174 e. The van der Waals surface area contributed by atoms with Gasteiger partial charge in [0.15, 0.2) is 11.5 Å². The van der Waals surface area contributed by atoms with E-state index < -0.39 is 0 Å². The van der Waals surface area contributed by atoms with Crippen molar-refractivity contribution in [3.63, 3.8) is 0 Å². The summed E-state index contributed by atoms with van der Waals surface area (Å²) in [5.41, 5.74) is 6.93. The second kappa shape index (κ2) is 9.45. The minimum Gasteiger partial charge on any atom is -0.301 e. The van der Waals surface area contributed by atoms with Crippen molar-refractivity contribution in [2.45, 2.75) is 40.2 Å². The van der Waals surface area contributed by atoms with Crippen LogP contribution in [0.25, 0.3) is 11.5 Å². The molecule has 4 aromatic rings. The molecule has 3 aromatic heterocycles. The van der Waals surface area contributed by atoms with E-state index >= 15 is 0 Å². The monoisotopic (exact) mass is 443 g/mol. The Balaban J connectivity index is 1.16. The van der Waals surface area contributed by atoms with Crippen LogP contribution < -0.4 is 0 Å². The molecule has 0 radical (unpaired) electrons. The molecule has 7 nitrogen and oxygen atoms in total. The summed E-state index contributed by atoms with van der Waals surface area (Å²) in [6.45, 7) is 13.1. The van der Waals surface area contributed by atoms with Crippen LogP contribution in [0.15, 0.2) is 48.7 Å². The zero-order chi connectivity index (χ0) is 22.8. The lowest BCUT2D eigenvalue weighted by Crippen LogP contribution is -2.46. The van der Waals surface area contributed by atoms with Crippen LogP contribution in [0.3, 0.4) is 0 Å². The molecule has 33 heavy (non-hydrogen) atoms. The highest BCUT2D eigenvalue weighted by Gasteiger charge is 2.18. The van der Waals surface area contributed by atoms with E-state index in [0.717, 1.165) is 75.0 Å². The number of piperazine rings is 1. The Bertz CT molecular complexity index is 1220. The maximum absolute atomic E-state index is 4.82. The first-order valence-electron chi connectivity index (χ1n) is 11.9. The van der Waals surface area contributed by atoms with Crippen molar-refractivity contribution in [2.75, 3.05) is 32.7 Å². The van der Waals surface area contributed by atoms with Gasteiger partial charge in [-0.15, -0.1) is 5.10 Å². The van der Waals surface area contributed by atoms with Crippen molar-refractivity contribution in [3.05, 3.63) is 76.9 Å². The zero-order valence-electron chi connectivity index (χ0n) is 19.9. The third-order valence-electron chi connectivity index (χ3n) is 6.79. The van der Waals surface area contributed by atoms with Gasteiger partial charge in [-0.3, -0.25) is 4.90 Å². The molecular formula is C26H33N7. The summed E-state index contributed by atoms with van der Waals surface area (Å²) < 4.78 is 3.86. The van der Waals surface area contributed by atoms with E-state index in [0.29, 0.717) is 0 Å². The van der Waals surface area contributed by atoms with Gasteiger partial charge in [0.25, 0.3) is 0 Å². The third kappa shape index (κ3) is 4.70. The highest BCUT2D eigenvalue weighted by molar-refractivity contribution is 5.42. The topological polar surface area (TPSA) is 54.5 Å². The van der Waals surface area contributed by atoms with E-state index in [1.807, 2.05) is 34.5 Å². The molecule has 1 aromatic carbocycles. The Morgan fingerprint density at radius 1 is 0.848 bits per heavy atom. The van der Waals surface area contributed by atoms with Crippen LogP contribution in [0.2, 0.25) is 0 Å². The lowest BCUT2D eigenvalue weighted by atomic mass is 10.1. The van der Waals surface area contributed by atoms with Crippen molar-refractivity contribution in [2.24, 2.45) is 0 Å². The summed E-state index contributed by atoms with van der Waals surface area (Å²) in [5, 5.41) is 9.57. The summed E-state index contributed by atoms with van der Waals surface area (Å²) in [6.07, 6.45) is 4.05. The van der Waals surface area contributed by atoms with E-state index in [9.17, 15) is 0 Å². The fourth-order valence-corrected chi connectivity index (χ4v) is 4.84. The van der Waals surface area contributed by atoms with Gasteiger partial charge in [0, 0.05) is 38.4 Å². The van der Waals surface area contributed by atoms with Gasteiger partial charge in [-0.05, 0) is 63.4 Å². The van der Waals surface area contributed by atoms with E-state index in [4.69, 9.17) is 10.2 Å². The van der Waals surface area contributed by atoms with Crippen LogP contribution in [0, 0.1) is 20.8 Å². The quantitative estimate of drug-likeness (QED) is 0.437. The minimum atomic E-state index is 0.838. The second-order valence-corrected chi connectivity index (χ2v) is 9.13. The molecule has 5 rings (SSSR count). The summed E-state index contributed by atoms with van der Waals surface area (Å²) in [6, 6.07) is 14.8. The van der Waals surface area contributed by atoms with Gasteiger partial charge < -0.3 is 4.90 Å². The van der Waals surface area contributed by atoms with Gasteiger partial charge in [0.05, 0.1) is 17.6 Å². The molecule has 0 saturated carbocycles. The van der Waals surface area contributed by atoms with Crippen molar-refractivity contribution >= 4 is 5.65 Å². The Labute approximate surface area is 195 Å². The average Bonchev–Trinajstić information content (AvgIpc) is 3.34. The van der Waals surface area contributed by atoms with Crippen molar-refractivity contribution in [1.29, 1.82) is 0 Å². The van der Waals surface area contributed by atoms with Gasteiger partial charge in [-0.2, -0.15) is 5.10 Å². The van der Waals surface area contributed by atoms with Gasteiger partial charge in [-0.1, -0.05) is 30.3 Å². The summed E-state index contributed by atoms with van der Waals surface area (Å²) in [7, 11) is 0. The van der Waals surface area contributed by atoms with E-state index in [1.54, 1.807) is 0 Å². The number of fused-ring (bicyclic) bond motifs is 1. The molecule has 0 atom stereocenters. The predicted octanol–water partition coefficient (Wildman–Crippen LogP) is 3.59. The van der Waals surface area contributed by atoms with Crippen LogP contribution in [0.1, 0.15) is 34.6 Å². The SMILES string of the molecule is Cc1nn(-c2ccc3ncc(C)n3n2)c(C)c1CCCN1CCN(Cc2ccccc2)CC1. The Morgan fingerprint density at radius 2 is 1.61 bits per heavy atom. The molecule has 7 heteroatoms. The molecule has 0 N–H and O–H groups in total. The molecule has 0 aliphatic carbocycles. The highest BCUT2D eigenvalue weighted by Crippen LogP contribution is 2.19. The van der Waals surface area contributed by atoms with Crippen molar-refractivity contribution in [1.82, 2.24) is 34.2 Å². The molecule has 1 saturated heterocycles. The molecule has 172 valence electrons. The molecule has 0 bridgehead atoms. The first-order chi connectivity index (χ1) is 16.1. The number of benzene rings is 1. The molecule has 4 heterocycles. The fraction of sp³-hybridized carbons (Fsp3) is 0.423. The van der Waals surface area contributed by atoms with Crippen LogP contribution in [-0.2, 0) is 13.0 Å². The van der Waals surface area contributed by atoms with Gasteiger partial charge in [-0.25, -0.2) is 14.2 Å². The Kier molecular flexibility index (Phi) is 6.24.